The van der Waals surface area contributed by atoms with Crippen LogP contribution < -0.4 is 5.56 Å². The zero-order valence-electron chi connectivity index (χ0n) is 18.5. The molecule has 3 aromatic rings. The number of unbranched alkanes of at least 4 members (excludes halogenated alkanes) is 2. The van der Waals surface area contributed by atoms with Crippen LogP contribution in [0.3, 0.4) is 0 Å². The summed E-state index contributed by atoms with van der Waals surface area (Å²) in [7, 11) is 0. The molecule has 0 fully saturated rings. The Kier molecular flexibility index (Phi) is 6.63. The van der Waals surface area contributed by atoms with E-state index in [9.17, 15) is 19.2 Å². The van der Waals surface area contributed by atoms with Crippen molar-refractivity contribution < 1.29 is 19.1 Å². The van der Waals surface area contributed by atoms with E-state index in [0.29, 0.717) is 41.3 Å². The van der Waals surface area contributed by atoms with E-state index in [1.54, 1.807) is 48.5 Å². The number of amides is 2. The van der Waals surface area contributed by atoms with Crippen molar-refractivity contribution in [1.29, 1.82) is 0 Å². The second-order valence-corrected chi connectivity index (χ2v) is 7.93. The van der Waals surface area contributed by atoms with Gasteiger partial charge in [0, 0.05) is 18.5 Å². The fraction of sp³-hybridized carbons (Fsp3) is 0.320. The highest BCUT2D eigenvalue weighted by molar-refractivity contribution is 6.21. The molecule has 0 spiro atoms. The zero-order chi connectivity index (χ0) is 23.4. The molecule has 2 heterocycles. The Labute approximate surface area is 190 Å². The summed E-state index contributed by atoms with van der Waals surface area (Å²) in [6, 6.07) is 13.6. The van der Waals surface area contributed by atoms with Crippen LogP contribution in [0.25, 0.3) is 10.8 Å². The van der Waals surface area contributed by atoms with Gasteiger partial charge < -0.3 is 4.74 Å². The highest BCUT2D eigenvalue weighted by Gasteiger charge is 2.34. The van der Waals surface area contributed by atoms with Crippen LogP contribution in [0, 0.1) is 0 Å². The van der Waals surface area contributed by atoms with Crippen LogP contribution in [0.1, 0.15) is 63.8 Å². The lowest BCUT2D eigenvalue weighted by Crippen LogP contribution is -2.30. The number of hydrogen-bond acceptors (Lipinski definition) is 6. The third-order valence-electron chi connectivity index (χ3n) is 5.67. The molecule has 0 atom stereocenters. The summed E-state index contributed by atoms with van der Waals surface area (Å²) in [4.78, 5) is 51.4. The first-order valence-electron chi connectivity index (χ1n) is 11.1. The fourth-order valence-corrected chi connectivity index (χ4v) is 3.89. The SMILES string of the molecule is CCCCn1nc(C(=O)OCCCCN2C(=O)c3ccccc3C2=O)c2ccccc2c1=O. The molecule has 2 aromatic carbocycles. The van der Waals surface area contributed by atoms with Gasteiger partial charge in [0.1, 0.15) is 0 Å². The number of ether oxygens (including phenoxy) is 1. The van der Waals surface area contributed by atoms with Crippen molar-refractivity contribution in [2.75, 3.05) is 13.2 Å². The number of hydrogen-bond donors (Lipinski definition) is 0. The number of rotatable bonds is 9. The largest absolute Gasteiger partial charge is 0.461 e. The smallest absolute Gasteiger partial charge is 0.359 e. The molecule has 0 bridgehead atoms. The Balaban J connectivity index is 1.37. The standard InChI is InChI=1S/C25H25N3O5/c1-2-3-15-28-24(31)18-11-5-4-10-17(18)21(26-28)25(32)33-16-9-8-14-27-22(29)19-12-6-7-13-20(19)23(27)30/h4-7,10-13H,2-3,8-9,14-16H2,1H3. The number of fused-ring (bicyclic) bond motifs is 2. The van der Waals surface area contributed by atoms with Gasteiger partial charge in [0.15, 0.2) is 5.69 Å². The first kappa shape index (κ1) is 22.4. The summed E-state index contributed by atoms with van der Waals surface area (Å²) in [6.45, 7) is 2.82. The minimum Gasteiger partial charge on any atom is -0.461 e. The summed E-state index contributed by atoms with van der Waals surface area (Å²) in [5.74, 6) is -1.19. The van der Waals surface area contributed by atoms with Crippen molar-refractivity contribution >= 4 is 28.6 Å². The lowest BCUT2D eigenvalue weighted by atomic mass is 10.1. The summed E-state index contributed by atoms with van der Waals surface area (Å²) in [5, 5.41) is 5.17. The normalized spacial score (nSPS) is 12.9. The second-order valence-electron chi connectivity index (χ2n) is 7.93. The highest BCUT2D eigenvalue weighted by atomic mass is 16.5. The molecule has 8 heteroatoms. The average Bonchev–Trinajstić information content (AvgIpc) is 3.08. The van der Waals surface area contributed by atoms with E-state index in [4.69, 9.17) is 4.74 Å². The molecule has 4 rings (SSSR count). The van der Waals surface area contributed by atoms with Gasteiger partial charge in [-0.05, 0) is 37.5 Å². The topological polar surface area (TPSA) is 98.6 Å². The summed E-state index contributed by atoms with van der Waals surface area (Å²) in [6.07, 6.45) is 2.65. The van der Waals surface area contributed by atoms with Gasteiger partial charge in [0.05, 0.1) is 23.1 Å². The predicted octanol–water partition coefficient (Wildman–Crippen LogP) is 3.43. The lowest BCUT2D eigenvalue weighted by Gasteiger charge is -2.14. The first-order chi connectivity index (χ1) is 16.0. The van der Waals surface area contributed by atoms with Crippen LogP contribution >= 0.6 is 0 Å². The molecule has 8 nitrogen and oxygen atoms in total. The fourth-order valence-electron chi connectivity index (χ4n) is 3.89. The Morgan fingerprint density at radius 1 is 0.848 bits per heavy atom. The van der Waals surface area contributed by atoms with Crippen molar-refractivity contribution in [3.63, 3.8) is 0 Å². The number of esters is 1. The Hall–Kier alpha value is -3.81. The molecule has 0 N–H and O–H groups in total. The van der Waals surface area contributed by atoms with Gasteiger partial charge in [0.2, 0.25) is 0 Å². The number of aryl methyl sites for hydroxylation is 1. The molecular weight excluding hydrogens is 422 g/mol. The maximum Gasteiger partial charge on any atom is 0.359 e. The van der Waals surface area contributed by atoms with Gasteiger partial charge in [-0.1, -0.05) is 43.7 Å². The number of benzene rings is 2. The number of nitrogens with zero attached hydrogens (tertiary/aromatic N) is 3. The monoisotopic (exact) mass is 447 g/mol. The first-order valence-corrected chi connectivity index (χ1v) is 11.1. The third-order valence-corrected chi connectivity index (χ3v) is 5.67. The van der Waals surface area contributed by atoms with Gasteiger partial charge in [-0.25, -0.2) is 9.48 Å². The Bertz CT molecular complexity index is 1250. The number of aromatic nitrogens is 2. The van der Waals surface area contributed by atoms with Gasteiger partial charge in [-0.15, -0.1) is 0 Å². The summed E-state index contributed by atoms with van der Waals surface area (Å²) >= 11 is 0. The van der Waals surface area contributed by atoms with Crippen LogP contribution in [-0.2, 0) is 11.3 Å². The summed E-state index contributed by atoms with van der Waals surface area (Å²) < 4.78 is 6.73. The van der Waals surface area contributed by atoms with Crippen molar-refractivity contribution in [2.24, 2.45) is 0 Å². The van der Waals surface area contributed by atoms with Crippen molar-refractivity contribution in [3.05, 3.63) is 75.7 Å². The minimum atomic E-state index is -0.600. The molecule has 0 saturated heterocycles. The molecule has 0 radical (unpaired) electrons. The van der Waals surface area contributed by atoms with E-state index in [1.807, 2.05) is 6.92 Å². The van der Waals surface area contributed by atoms with Crippen LogP contribution in [0.4, 0.5) is 0 Å². The van der Waals surface area contributed by atoms with Crippen LogP contribution in [0.15, 0.2) is 53.3 Å². The molecule has 0 unspecified atom stereocenters. The molecular formula is C25H25N3O5. The lowest BCUT2D eigenvalue weighted by molar-refractivity contribution is 0.0478. The van der Waals surface area contributed by atoms with Gasteiger partial charge in [-0.2, -0.15) is 5.10 Å². The van der Waals surface area contributed by atoms with Crippen LogP contribution in [0.5, 0.6) is 0 Å². The van der Waals surface area contributed by atoms with Crippen LogP contribution in [0.2, 0.25) is 0 Å². The maximum atomic E-state index is 12.7. The third kappa shape index (κ3) is 4.41. The van der Waals surface area contributed by atoms with Crippen LogP contribution in [-0.4, -0.2) is 45.6 Å². The van der Waals surface area contributed by atoms with Crippen molar-refractivity contribution in [1.82, 2.24) is 14.7 Å². The minimum absolute atomic E-state index is 0.113. The molecule has 0 saturated carbocycles. The summed E-state index contributed by atoms with van der Waals surface area (Å²) in [5.41, 5.74) is 0.730. The van der Waals surface area contributed by atoms with E-state index in [1.165, 1.54) is 9.58 Å². The molecule has 2 amide bonds. The molecule has 1 aliphatic heterocycles. The molecule has 1 aromatic heterocycles. The molecule has 0 aliphatic carbocycles. The van der Waals surface area contributed by atoms with E-state index >= 15 is 0 Å². The van der Waals surface area contributed by atoms with Gasteiger partial charge >= 0.3 is 5.97 Å². The van der Waals surface area contributed by atoms with Crippen molar-refractivity contribution in [3.8, 4) is 0 Å². The quantitative estimate of drug-likeness (QED) is 0.283. The Morgan fingerprint density at radius 3 is 2.15 bits per heavy atom. The maximum absolute atomic E-state index is 12.7. The number of carbonyl (C=O) groups excluding carboxylic acids is 3. The van der Waals surface area contributed by atoms with Gasteiger partial charge in [0.25, 0.3) is 17.4 Å². The molecule has 170 valence electrons. The molecule has 1 aliphatic rings. The highest BCUT2D eigenvalue weighted by Crippen LogP contribution is 2.22. The number of carbonyl (C=O) groups is 3. The number of imide groups is 1. The van der Waals surface area contributed by atoms with Crippen molar-refractivity contribution in [2.45, 2.75) is 39.2 Å². The van der Waals surface area contributed by atoms with E-state index < -0.39 is 5.97 Å². The van der Waals surface area contributed by atoms with E-state index in [2.05, 4.69) is 5.10 Å². The van der Waals surface area contributed by atoms with E-state index in [0.717, 1.165) is 12.8 Å². The average molecular weight is 447 g/mol. The zero-order valence-corrected chi connectivity index (χ0v) is 18.5. The Morgan fingerprint density at radius 2 is 1.48 bits per heavy atom. The predicted molar refractivity (Wildman–Crippen MR) is 122 cm³/mol. The second kappa shape index (κ2) is 9.77. The van der Waals surface area contributed by atoms with E-state index in [-0.39, 0.29) is 36.2 Å². The molecule has 33 heavy (non-hydrogen) atoms. The van der Waals surface area contributed by atoms with Gasteiger partial charge in [-0.3, -0.25) is 19.3 Å².